The van der Waals surface area contributed by atoms with E-state index < -0.39 is 0 Å². The lowest BCUT2D eigenvalue weighted by Gasteiger charge is -2.26. The lowest BCUT2D eigenvalue weighted by molar-refractivity contribution is -0.120. The van der Waals surface area contributed by atoms with Crippen molar-refractivity contribution in [1.29, 1.82) is 0 Å². The average molecular weight is 342 g/mol. The van der Waals surface area contributed by atoms with E-state index >= 15 is 0 Å². The molecule has 0 spiro atoms. The van der Waals surface area contributed by atoms with Crippen molar-refractivity contribution < 1.29 is 9.59 Å². The Kier molecular flexibility index (Phi) is 6.01. The predicted octanol–water partition coefficient (Wildman–Crippen LogP) is 1.77. The summed E-state index contributed by atoms with van der Waals surface area (Å²) in [5.74, 6) is -0.214. The Morgan fingerprint density at radius 2 is 1.85 bits per heavy atom. The van der Waals surface area contributed by atoms with E-state index in [2.05, 4.69) is 45.7 Å². The average Bonchev–Trinajstić information content (AvgIpc) is 2.42. The molecule has 0 aliphatic heterocycles. The van der Waals surface area contributed by atoms with Crippen molar-refractivity contribution in [2.24, 2.45) is 0 Å². The first-order valence-electron chi connectivity index (χ1n) is 6.34. The Bertz CT molecular complexity index is 489. The van der Waals surface area contributed by atoms with E-state index in [1.165, 1.54) is 7.05 Å². The van der Waals surface area contributed by atoms with Gasteiger partial charge < -0.3 is 16.0 Å². The largest absolute Gasteiger partial charge is 0.354 e. The number of carbonyl (C=O) groups excluding carboxylic acids is 2. The van der Waals surface area contributed by atoms with Crippen molar-refractivity contribution in [3.63, 3.8) is 0 Å². The Labute approximate surface area is 127 Å². The number of halogens is 1. The van der Waals surface area contributed by atoms with E-state index in [-0.39, 0.29) is 23.9 Å². The van der Waals surface area contributed by atoms with Gasteiger partial charge in [0.25, 0.3) is 0 Å². The van der Waals surface area contributed by atoms with Crippen molar-refractivity contribution in [1.82, 2.24) is 16.0 Å². The Morgan fingerprint density at radius 1 is 1.20 bits per heavy atom. The molecule has 0 radical (unpaired) electrons. The lowest BCUT2D eigenvalue weighted by Crippen LogP contribution is -2.44. The molecule has 0 aliphatic carbocycles. The van der Waals surface area contributed by atoms with Crippen molar-refractivity contribution in [3.8, 4) is 0 Å². The first-order valence-corrected chi connectivity index (χ1v) is 7.13. The molecule has 110 valence electrons. The fourth-order valence-corrected chi connectivity index (χ4v) is 2.56. The van der Waals surface area contributed by atoms with Crippen LogP contribution in [0.2, 0.25) is 0 Å². The van der Waals surface area contributed by atoms with Gasteiger partial charge in [0.2, 0.25) is 5.91 Å². The van der Waals surface area contributed by atoms with Gasteiger partial charge in [-0.15, -0.1) is 0 Å². The minimum Gasteiger partial charge on any atom is -0.354 e. The molecule has 0 atom stereocenters. The zero-order chi connectivity index (χ0) is 15.2. The van der Waals surface area contributed by atoms with Gasteiger partial charge >= 0.3 is 6.03 Å². The van der Waals surface area contributed by atoms with Gasteiger partial charge in [-0.3, -0.25) is 4.79 Å². The van der Waals surface area contributed by atoms with Crippen LogP contribution >= 0.6 is 15.9 Å². The van der Waals surface area contributed by atoms with Crippen LogP contribution in [0.5, 0.6) is 0 Å². The summed E-state index contributed by atoms with van der Waals surface area (Å²) in [7, 11) is 1.50. The quantitative estimate of drug-likeness (QED) is 0.763. The predicted molar refractivity (Wildman–Crippen MR) is 82.6 cm³/mol. The highest BCUT2D eigenvalue weighted by Gasteiger charge is 2.23. The van der Waals surface area contributed by atoms with Crippen molar-refractivity contribution in [2.45, 2.75) is 19.3 Å². The molecule has 0 fully saturated rings. The third kappa shape index (κ3) is 4.85. The molecule has 0 heterocycles. The van der Waals surface area contributed by atoms with Crippen LogP contribution in [0.25, 0.3) is 0 Å². The van der Waals surface area contributed by atoms with Crippen molar-refractivity contribution >= 4 is 27.9 Å². The second kappa shape index (κ2) is 7.28. The first kappa shape index (κ1) is 16.5. The molecule has 1 aromatic carbocycles. The number of rotatable bonds is 5. The topological polar surface area (TPSA) is 70.2 Å². The van der Waals surface area contributed by atoms with Crippen LogP contribution in [0, 0.1) is 0 Å². The highest BCUT2D eigenvalue weighted by molar-refractivity contribution is 9.10. The van der Waals surface area contributed by atoms with Crippen LogP contribution in [0.1, 0.15) is 19.4 Å². The van der Waals surface area contributed by atoms with Gasteiger partial charge in [-0.25, -0.2) is 4.79 Å². The number of hydrogen-bond acceptors (Lipinski definition) is 2. The Balaban J connectivity index is 2.53. The third-order valence-corrected chi connectivity index (χ3v) is 3.66. The zero-order valence-corrected chi connectivity index (χ0v) is 13.5. The molecule has 20 heavy (non-hydrogen) atoms. The van der Waals surface area contributed by atoms with E-state index in [4.69, 9.17) is 0 Å². The van der Waals surface area contributed by atoms with E-state index in [1.807, 2.05) is 24.3 Å². The van der Waals surface area contributed by atoms with Gasteiger partial charge in [0.15, 0.2) is 0 Å². The molecule has 0 saturated carbocycles. The molecule has 0 unspecified atom stereocenters. The zero-order valence-electron chi connectivity index (χ0n) is 11.9. The summed E-state index contributed by atoms with van der Waals surface area (Å²) in [6.07, 6.45) is 0. The summed E-state index contributed by atoms with van der Waals surface area (Å²) < 4.78 is 1.02. The van der Waals surface area contributed by atoms with E-state index in [9.17, 15) is 9.59 Å². The summed E-state index contributed by atoms with van der Waals surface area (Å²) in [6, 6.07) is 7.56. The van der Waals surface area contributed by atoms with Gasteiger partial charge in [0.1, 0.15) is 0 Å². The second-order valence-electron chi connectivity index (χ2n) is 5.07. The number of benzene rings is 1. The Morgan fingerprint density at radius 3 is 2.45 bits per heavy atom. The SMILES string of the molecule is CNC(=O)NCC(=O)NCC(C)(C)c1ccccc1Br. The first-order chi connectivity index (χ1) is 9.36. The molecule has 0 aliphatic rings. The summed E-state index contributed by atoms with van der Waals surface area (Å²) in [5.41, 5.74) is 0.919. The van der Waals surface area contributed by atoms with Crippen molar-refractivity contribution in [3.05, 3.63) is 34.3 Å². The fourth-order valence-electron chi connectivity index (χ4n) is 1.74. The maximum Gasteiger partial charge on any atom is 0.314 e. The van der Waals surface area contributed by atoms with Crippen LogP contribution in [-0.2, 0) is 10.2 Å². The minimum atomic E-state index is -0.370. The maximum absolute atomic E-state index is 11.7. The van der Waals surface area contributed by atoms with Gasteiger partial charge in [-0.05, 0) is 11.6 Å². The molecule has 5 nitrogen and oxygen atoms in total. The molecule has 0 aromatic heterocycles. The van der Waals surface area contributed by atoms with Crippen LogP contribution in [0.4, 0.5) is 4.79 Å². The van der Waals surface area contributed by atoms with Crippen LogP contribution in [-0.4, -0.2) is 32.1 Å². The maximum atomic E-state index is 11.7. The number of hydrogen-bond donors (Lipinski definition) is 3. The standard InChI is InChI=1S/C14H20BrN3O2/c1-14(2,10-6-4-5-7-11(10)15)9-18-12(19)8-17-13(20)16-3/h4-7H,8-9H2,1-3H3,(H,18,19)(H2,16,17,20). The van der Waals surface area contributed by atoms with Gasteiger partial charge in [0.05, 0.1) is 6.54 Å². The van der Waals surface area contributed by atoms with Crippen LogP contribution in [0.15, 0.2) is 28.7 Å². The fraction of sp³-hybridized carbons (Fsp3) is 0.429. The molecule has 6 heteroatoms. The molecular weight excluding hydrogens is 322 g/mol. The summed E-state index contributed by atoms with van der Waals surface area (Å²) in [6.45, 7) is 4.56. The van der Waals surface area contributed by atoms with Crippen molar-refractivity contribution in [2.75, 3.05) is 20.1 Å². The smallest absolute Gasteiger partial charge is 0.314 e. The highest BCUT2D eigenvalue weighted by atomic mass is 79.9. The Hall–Kier alpha value is -1.56. The molecular formula is C14H20BrN3O2. The monoisotopic (exact) mass is 341 g/mol. The highest BCUT2D eigenvalue weighted by Crippen LogP contribution is 2.29. The van der Waals surface area contributed by atoms with Gasteiger partial charge in [-0.2, -0.15) is 0 Å². The molecule has 1 aromatic rings. The van der Waals surface area contributed by atoms with Gasteiger partial charge in [0, 0.05) is 23.5 Å². The van der Waals surface area contributed by atoms with Gasteiger partial charge in [-0.1, -0.05) is 48.0 Å². The van der Waals surface area contributed by atoms with Crippen LogP contribution < -0.4 is 16.0 Å². The number of nitrogens with one attached hydrogen (secondary N) is 3. The molecule has 1 rings (SSSR count). The minimum absolute atomic E-state index is 0.0360. The second-order valence-corrected chi connectivity index (χ2v) is 5.93. The van der Waals surface area contributed by atoms with E-state index in [0.29, 0.717) is 6.54 Å². The molecule has 3 amide bonds. The number of carbonyl (C=O) groups is 2. The molecule has 3 N–H and O–H groups in total. The van der Waals surface area contributed by atoms with E-state index in [0.717, 1.165) is 10.0 Å². The summed E-state index contributed by atoms with van der Waals surface area (Å²) in [4.78, 5) is 22.6. The summed E-state index contributed by atoms with van der Waals surface area (Å²) in [5, 5.41) is 7.66. The van der Waals surface area contributed by atoms with Crippen LogP contribution in [0.3, 0.4) is 0 Å². The summed E-state index contributed by atoms with van der Waals surface area (Å²) >= 11 is 3.52. The van der Waals surface area contributed by atoms with E-state index in [1.54, 1.807) is 0 Å². The lowest BCUT2D eigenvalue weighted by atomic mass is 9.84. The molecule has 0 bridgehead atoms. The number of urea groups is 1. The molecule has 0 saturated heterocycles. The third-order valence-electron chi connectivity index (χ3n) is 2.97. The normalized spacial score (nSPS) is 10.8. The number of amides is 3.